The molecule has 8 heteroatoms. The lowest BCUT2D eigenvalue weighted by atomic mass is 10.1. The summed E-state index contributed by atoms with van der Waals surface area (Å²) in [5.74, 6) is -0.416. The molecule has 2 rings (SSSR count). The quantitative estimate of drug-likeness (QED) is 0.877. The average molecular weight is 358 g/mol. The molecule has 0 amide bonds. The second kappa shape index (κ2) is 5.61. The van der Waals surface area contributed by atoms with Crippen LogP contribution in [0.15, 0.2) is 35.1 Å². The van der Waals surface area contributed by atoms with Gasteiger partial charge in [0.25, 0.3) is 0 Å². The van der Waals surface area contributed by atoms with E-state index in [0.29, 0.717) is 4.47 Å². The molecule has 0 unspecified atom stereocenters. The van der Waals surface area contributed by atoms with Crippen LogP contribution in [0.3, 0.4) is 0 Å². The Labute approximate surface area is 126 Å². The molecule has 0 spiro atoms. The fourth-order valence-electron chi connectivity index (χ4n) is 1.57. The van der Waals surface area contributed by atoms with E-state index in [1.807, 2.05) is 0 Å². The second-order valence-electron chi connectivity index (χ2n) is 3.96. The SMILES string of the molecule is N#Cc1ccc(Oc2c(N)cncc2Br)c(C(F)(F)F)c1. The van der Waals surface area contributed by atoms with Gasteiger partial charge in [-0.1, -0.05) is 0 Å². The van der Waals surface area contributed by atoms with Crippen LogP contribution in [0.25, 0.3) is 0 Å². The highest BCUT2D eigenvalue weighted by Gasteiger charge is 2.35. The number of nitrogen functional groups attached to an aromatic ring is 1. The Morgan fingerprint density at radius 1 is 1.29 bits per heavy atom. The van der Waals surface area contributed by atoms with Gasteiger partial charge in [0.15, 0.2) is 5.75 Å². The molecular formula is C13H7BrF3N3O. The van der Waals surface area contributed by atoms with E-state index in [9.17, 15) is 13.2 Å². The van der Waals surface area contributed by atoms with E-state index < -0.39 is 17.5 Å². The van der Waals surface area contributed by atoms with Gasteiger partial charge in [-0.15, -0.1) is 0 Å². The summed E-state index contributed by atoms with van der Waals surface area (Å²) < 4.78 is 44.6. The zero-order chi connectivity index (χ0) is 15.6. The van der Waals surface area contributed by atoms with Gasteiger partial charge in [-0.3, -0.25) is 4.98 Å². The van der Waals surface area contributed by atoms with Gasteiger partial charge in [0.1, 0.15) is 5.75 Å². The van der Waals surface area contributed by atoms with E-state index in [0.717, 1.165) is 12.1 Å². The first-order valence-electron chi connectivity index (χ1n) is 5.51. The molecule has 0 bridgehead atoms. The third kappa shape index (κ3) is 3.25. The van der Waals surface area contributed by atoms with Crippen molar-refractivity contribution in [3.05, 3.63) is 46.2 Å². The van der Waals surface area contributed by atoms with Gasteiger partial charge in [-0.2, -0.15) is 18.4 Å². The van der Waals surface area contributed by atoms with Crippen LogP contribution < -0.4 is 10.5 Å². The van der Waals surface area contributed by atoms with E-state index in [1.165, 1.54) is 18.5 Å². The molecule has 1 heterocycles. The number of anilines is 1. The van der Waals surface area contributed by atoms with Crippen molar-refractivity contribution in [3.63, 3.8) is 0 Å². The van der Waals surface area contributed by atoms with Crippen molar-refractivity contribution in [2.75, 3.05) is 5.73 Å². The normalized spacial score (nSPS) is 11.0. The summed E-state index contributed by atoms with van der Waals surface area (Å²) in [4.78, 5) is 3.77. The standard InChI is InChI=1S/C13H7BrF3N3O/c14-9-5-20-6-10(19)12(9)21-11-2-1-7(4-18)3-8(11)13(15,16)17/h1-3,5-6H,19H2. The summed E-state index contributed by atoms with van der Waals surface area (Å²) in [5.41, 5.74) is 4.55. The van der Waals surface area contributed by atoms with Gasteiger partial charge in [0.2, 0.25) is 0 Å². The number of alkyl halides is 3. The molecule has 0 atom stereocenters. The first-order chi connectivity index (χ1) is 9.82. The van der Waals surface area contributed by atoms with E-state index in [2.05, 4.69) is 20.9 Å². The molecule has 2 aromatic rings. The molecule has 0 radical (unpaired) electrons. The maximum Gasteiger partial charge on any atom is 0.420 e. The summed E-state index contributed by atoms with van der Waals surface area (Å²) >= 11 is 3.11. The fourth-order valence-corrected chi connectivity index (χ4v) is 1.99. The van der Waals surface area contributed by atoms with Crippen LogP contribution in [0.4, 0.5) is 18.9 Å². The summed E-state index contributed by atoms with van der Waals surface area (Å²) in [7, 11) is 0. The van der Waals surface area contributed by atoms with E-state index in [1.54, 1.807) is 6.07 Å². The number of benzene rings is 1. The van der Waals surface area contributed by atoms with Crippen LogP contribution in [0.1, 0.15) is 11.1 Å². The average Bonchev–Trinajstić information content (AvgIpc) is 2.42. The van der Waals surface area contributed by atoms with Crippen LogP contribution in [-0.4, -0.2) is 4.98 Å². The Hall–Kier alpha value is -2.27. The van der Waals surface area contributed by atoms with Crippen molar-refractivity contribution in [2.24, 2.45) is 0 Å². The molecule has 0 saturated carbocycles. The molecule has 4 nitrogen and oxygen atoms in total. The molecule has 0 saturated heterocycles. The lowest BCUT2D eigenvalue weighted by molar-refractivity contribution is -0.138. The number of halogens is 4. The van der Waals surface area contributed by atoms with Crippen molar-refractivity contribution >= 4 is 21.6 Å². The van der Waals surface area contributed by atoms with Crippen molar-refractivity contribution in [1.82, 2.24) is 4.98 Å². The molecule has 108 valence electrons. The predicted octanol–water partition coefficient (Wildman–Crippen LogP) is 4.11. The first kappa shape index (κ1) is 15.1. The number of rotatable bonds is 2. The summed E-state index contributed by atoms with van der Waals surface area (Å²) in [6.45, 7) is 0. The highest BCUT2D eigenvalue weighted by atomic mass is 79.9. The summed E-state index contributed by atoms with van der Waals surface area (Å²) in [5, 5.41) is 8.70. The second-order valence-corrected chi connectivity index (χ2v) is 4.82. The number of nitrogens with zero attached hydrogens (tertiary/aromatic N) is 2. The maximum atomic E-state index is 13.0. The first-order valence-corrected chi connectivity index (χ1v) is 6.30. The summed E-state index contributed by atoms with van der Waals surface area (Å²) in [6, 6.07) is 4.69. The van der Waals surface area contributed by atoms with E-state index >= 15 is 0 Å². The molecule has 0 aliphatic heterocycles. The van der Waals surface area contributed by atoms with Crippen LogP contribution in [0.5, 0.6) is 11.5 Å². The number of hydrogen-bond acceptors (Lipinski definition) is 4. The fraction of sp³-hybridized carbons (Fsp3) is 0.0769. The Balaban J connectivity index is 2.53. The highest BCUT2D eigenvalue weighted by Crippen LogP contribution is 2.41. The number of pyridine rings is 1. The Kier molecular flexibility index (Phi) is 4.04. The number of aromatic nitrogens is 1. The molecule has 0 aliphatic rings. The molecule has 1 aromatic carbocycles. The Morgan fingerprint density at radius 2 is 2.00 bits per heavy atom. The predicted molar refractivity (Wildman–Crippen MR) is 72.6 cm³/mol. The minimum Gasteiger partial charge on any atom is -0.453 e. The van der Waals surface area contributed by atoms with Crippen molar-refractivity contribution < 1.29 is 17.9 Å². The molecule has 0 aliphatic carbocycles. The number of nitriles is 1. The van der Waals surface area contributed by atoms with Gasteiger partial charge in [-0.05, 0) is 34.1 Å². The number of nitrogens with two attached hydrogens (primary N) is 1. The van der Waals surface area contributed by atoms with Crippen molar-refractivity contribution in [3.8, 4) is 17.6 Å². The van der Waals surface area contributed by atoms with Crippen molar-refractivity contribution in [2.45, 2.75) is 6.18 Å². The molecule has 2 N–H and O–H groups in total. The minimum atomic E-state index is -4.66. The Morgan fingerprint density at radius 3 is 2.57 bits per heavy atom. The Bertz CT molecular complexity index is 705. The van der Waals surface area contributed by atoms with Gasteiger partial charge in [0.05, 0.1) is 33.6 Å². The van der Waals surface area contributed by atoms with Gasteiger partial charge < -0.3 is 10.5 Å². The molecular weight excluding hydrogens is 351 g/mol. The van der Waals surface area contributed by atoms with Crippen LogP contribution in [-0.2, 0) is 6.18 Å². The van der Waals surface area contributed by atoms with Gasteiger partial charge >= 0.3 is 6.18 Å². The van der Waals surface area contributed by atoms with Crippen LogP contribution >= 0.6 is 15.9 Å². The van der Waals surface area contributed by atoms with Crippen LogP contribution in [0.2, 0.25) is 0 Å². The van der Waals surface area contributed by atoms with Crippen molar-refractivity contribution in [1.29, 1.82) is 5.26 Å². The lowest BCUT2D eigenvalue weighted by Gasteiger charge is -2.15. The third-order valence-corrected chi connectivity index (χ3v) is 3.07. The summed E-state index contributed by atoms with van der Waals surface area (Å²) in [6.07, 6.45) is -2.05. The van der Waals surface area contributed by atoms with Crippen LogP contribution in [0, 0.1) is 11.3 Å². The number of hydrogen-bond donors (Lipinski definition) is 1. The smallest absolute Gasteiger partial charge is 0.420 e. The monoisotopic (exact) mass is 357 g/mol. The molecule has 21 heavy (non-hydrogen) atoms. The number of ether oxygens (including phenoxy) is 1. The largest absolute Gasteiger partial charge is 0.453 e. The molecule has 0 fully saturated rings. The van der Waals surface area contributed by atoms with Gasteiger partial charge in [-0.25, -0.2) is 0 Å². The van der Waals surface area contributed by atoms with E-state index in [4.69, 9.17) is 15.7 Å². The molecule has 1 aromatic heterocycles. The third-order valence-electron chi connectivity index (χ3n) is 2.51. The minimum absolute atomic E-state index is 0.0280. The van der Waals surface area contributed by atoms with Gasteiger partial charge in [0, 0.05) is 6.20 Å². The lowest BCUT2D eigenvalue weighted by Crippen LogP contribution is -2.08. The highest BCUT2D eigenvalue weighted by molar-refractivity contribution is 9.10. The zero-order valence-corrected chi connectivity index (χ0v) is 11.9. The zero-order valence-electron chi connectivity index (χ0n) is 10.3. The van der Waals surface area contributed by atoms with E-state index in [-0.39, 0.29) is 17.0 Å². The maximum absolute atomic E-state index is 13.0. The topological polar surface area (TPSA) is 71.9 Å².